The number of anilines is 3. The van der Waals surface area contributed by atoms with Crippen molar-refractivity contribution in [2.75, 3.05) is 24.7 Å². The second-order valence-electron chi connectivity index (χ2n) is 8.87. The molecular weight excluding hydrogens is 507 g/mol. The minimum Gasteiger partial charge on any atom is -0.438 e. The standard InChI is InChI=1S/C29H26F3N5O2/c1-4-26(38)34-23-6-5-7-24(16-23)39-27-25(20-10-12-21(13-11-20)29(30,31)32)17-33-28(36-27)35-22-14-8-19(9-15-22)18-37(2)3/h4-17H,1,18H2,2-3H3,(H,34,38)(H,33,35,36). The zero-order valence-electron chi connectivity index (χ0n) is 21.3. The summed E-state index contributed by atoms with van der Waals surface area (Å²) >= 11 is 0. The van der Waals surface area contributed by atoms with Crippen LogP contribution in [0.3, 0.4) is 0 Å². The zero-order valence-corrected chi connectivity index (χ0v) is 21.3. The van der Waals surface area contributed by atoms with E-state index in [1.807, 2.05) is 38.4 Å². The third kappa shape index (κ3) is 7.42. The maximum atomic E-state index is 13.1. The van der Waals surface area contributed by atoms with E-state index in [1.54, 1.807) is 24.3 Å². The van der Waals surface area contributed by atoms with Gasteiger partial charge in [0.25, 0.3) is 0 Å². The molecule has 0 aliphatic rings. The van der Waals surface area contributed by atoms with Crippen molar-refractivity contribution in [1.29, 1.82) is 0 Å². The maximum absolute atomic E-state index is 13.1. The summed E-state index contributed by atoms with van der Waals surface area (Å²) in [6.07, 6.45) is -1.83. The molecule has 0 unspecified atom stereocenters. The quantitative estimate of drug-likeness (QED) is 0.228. The molecular formula is C29H26F3N5O2. The Balaban J connectivity index is 1.67. The van der Waals surface area contributed by atoms with Gasteiger partial charge in [-0.25, -0.2) is 4.98 Å². The fourth-order valence-corrected chi connectivity index (χ4v) is 3.67. The Hall–Kier alpha value is -4.70. The van der Waals surface area contributed by atoms with Crippen molar-refractivity contribution in [1.82, 2.24) is 14.9 Å². The molecule has 39 heavy (non-hydrogen) atoms. The van der Waals surface area contributed by atoms with E-state index in [4.69, 9.17) is 4.74 Å². The van der Waals surface area contributed by atoms with Crippen molar-refractivity contribution in [3.05, 3.63) is 103 Å². The van der Waals surface area contributed by atoms with Gasteiger partial charge in [0.1, 0.15) is 5.75 Å². The van der Waals surface area contributed by atoms with Crippen LogP contribution < -0.4 is 15.4 Å². The first-order chi connectivity index (χ1) is 18.6. The molecule has 7 nitrogen and oxygen atoms in total. The third-order valence-corrected chi connectivity index (χ3v) is 5.49. The molecule has 0 spiro atoms. The van der Waals surface area contributed by atoms with Crippen LogP contribution in [0.1, 0.15) is 11.1 Å². The highest BCUT2D eigenvalue weighted by molar-refractivity contribution is 5.98. The van der Waals surface area contributed by atoms with Crippen LogP contribution in [-0.4, -0.2) is 34.9 Å². The molecule has 2 N–H and O–H groups in total. The van der Waals surface area contributed by atoms with E-state index in [9.17, 15) is 18.0 Å². The number of carbonyl (C=O) groups excluding carboxylic acids is 1. The maximum Gasteiger partial charge on any atom is 0.416 e. The summed E-state index contributed by atoms with van der Waals surface area (Å²) in [5.41, 5.74) is 2.41. The Morgan fingerprint density at radius 2 is 1.74 bits per heavy atom. The Morgan fingerprint density at radius 3 is 2.38 bits per heavy atom. The number of nitrogens with one attached hydrogen (secondary N) is 2. The van der Waals surface area contributed by atoms with E-state index in [2.05, 4.69) is 32.1 Å². The summed E-state index contributed by atoms with van der Waals surface area (Å²) in [5.74, 6) is 0.311. The van der Waals surface area contributed by atoms with Gasteiger partial charge in [-0.2, -0.15) is 18.2 Å². The smallest absolute Gasteiger partial charge is 0.416 e. The van der Waals surface area contributed by atoms with E-state index >= 15 is 0 Å². The summed E-state index contributed by atoms with van der Waals surface area (Å²) in [6, 6.07) is 19.1. The average molecular weight is 534 g/mol. The molecule has 0 fully saturated rings. The lowest BCUT2D eigenvalue weighted by molar-refractivity contribution is -0.137. The van der Waals surface area contributed by atoms with Crippen molar-refractivity contribution in [2.45, 2.75) is 12.7 Å². The summed E-state index contributed by atoms with van der Waals surface area (Å²) in [5, 5.41) is 5.78. The van der Waals surface area contributed by atoms with Gasteiger partial charge in [0.2, 0.25) is 17.7 Å². The lowest BCUT2D eigenvalue weighted by Gasteiger charge is -2.14. The van der Waals surface area contributed by atoms with Gasteiger partial charge in [-0.1, -0.05) is 36.9 Å². The molecule has 1 amide bonds. The molecule has 3 aromatic carbocycles. The number of benzene rings is 3. The number of halogens is 3. The van der Waals surface area contributed by atoms with Gasteiger partial charge in [-0.3, -0.25) is 4.79 Å². The normalized spacial score (nSPS) is 11.2. The molecule has 10 heteroatoms. The molecule has 0 radical (unpaired) electrons. The zero-order chi connectivity index (χ0) is 28.0. The lowest BCUT2D eigenvalue weighted by atomic mass is 10.1. The number of ether oxygens (including phenoxy) is 1. The van der Waals surface area contributed by atoms with E-state index in [0.717, 1.165) is 36.0 Å². The van der Waals surface area contributed by atoms with Crippen LogP contribution in [-0.2, 0) is 17.5 Å². The number of hydrogen-bond acceptors (Lipinski definition) is 6. The minimum atomic E-state index is -4.46. The van der Waals surface area contributed by atoms with Gasteiger partial charge in [-0.05, 0) is 67.7 Å². The highest BCUT2D eigenvalue weighted by Gasteiger charge is 2.30. The summed E-state index contributed by atoms with van der Waals surface area (Å²) < 4.78 is 45.3. The van der Waals surface area contributed by atoms with Crippen LogP contribution in [0.4, 0.5) is 30.5 Å². The van der Waals surface area contributed by atoms with E-state index in [1.165, 1.54) is 18.3 Å². The Bertz CT molecular complexity index is 1450. The van der Waals surface area contributed by atoms with Crippen LogP contribution in [0.25, 0.3) is 11.1 Å². The molecule has 0 bridgehead atoms. The van der Waals surface area contributed by atoms with Gasteiger partial charge in [0.15, 0.2) is 0 Å². The predicted octanol–water partition coefficient (Wildman–Crippen LogP) is 6.88. The number of carbonyl (C=O) groups is 1. The van der Waals surface area contributed by atoms with Gasteiger partial charge in [-0.15, -0.1) is 0 Å². The molecule has 0 saturated heterocycles. The summed E-state index contributed by atoms with van der Waals surface area (Å²) in [4.78, 5) is 22.6. The first kappa shape index (κ1) is 27.3. The van der Waals surface area contributed by atoms with Crippen molar-refractivity contribution in [3.63, 3.8) is 0 Å². The molecule has 4 aromatic rings. The van der Waals surface area contributed by atoms with Crippen LogP contribution in [0.2, 0.25) is 0 Å². The molecule has 4 rings (SSSR count). The SMILES string of the molecule is C=CC(=O)Nc1cccc(Oc2nc(Nc3ccc(CN(C)C)cc3)ncc2-c2ccc(C(F)(F)F)cc2)c1. The first-order valence-corrected chi connectivity index (χ1v) is 11.9. The molecule has 200 valence electrons. The molecule has 0 aliphatic heterocycles. The van der Waals surface area contributed by atoms with Crippen LogP contribution in [0.15, 0.2) is 91.6 Å². The van der Waals surface area contributed by atoms with Gasteiger partial charge >= 0.3 is 6.18 Å². The van der Waals surface area contributed by atoms with Crippen LogP contribution >= 0.6 is 0 Å². The number of amides is 1. The second-order valence-corrected chi connectivity index (χ2v) is 8.87. The summed E-state index contributed by atoms with van der Waals surface area (Å²) in [6.45, 7) is 4.23. The number of hydrogen-bond donors (Lipinski definition) is 2. The number of nitrogens with zero attached hydrogens (tertiary/aromatic N) is 3. The topological polar surface area (TPSA) is 79.4 Å². The Morgan fingerprint density at radius 1 is 1.03 bits per heavy atom. The molecule has 1 heterocycles. The minimum absolute atomic E-state index is 0.115. The van der Waals surface area contributed by atoms with Crippen LogP contribution in [0, 0.1) is 0 Å². The van der Waals surface area contributed by atoms with E-state index in [-0.39, 0.29) is 17.7 Å². The van der Waals surface area contributed by atoms with Crippen molar-refractivity contribution in [2.24, 2.45) is 0 Å². The fourth-order valence-electron chi connectivity index (χ4n) is 3.67. The first-order valence-electron chi connectivity index (χ1n) is 11.9. The van der Waals surface area contributed by atoms with Gasteiger partial charge in [0.05, 0.1) is 11.1 Å². The second kappa shape index (κ2) is 11.8. The molecule has 0 atom stereocenters. The Labute approximate surface area is 224 Å². The van der Waals surface area contributed by atoms with Crippen LogP contribution in [0.5, 0.6) is 11.6 Å². The lowest BCUT2D eigenvalue weighted by Crippen LogP contribution is -2.10. The molecule has 0 aliphatic carbocycles. The Kier molecular flexibility index (Phi) is 8.26. The van der Waals surface area contributed by atoms with E-state index < -0.39 is 11.7 Å². The highest BCUT2D eigenvalue weighted by Crippen LogP contribution is 2.36. The van der Waals surface area contributed by atoms with Crippen molar-refractivity contribution >= 4 is 23.2 Å². The van der Waals surface area contributed by atoms with Crippen molar-refractivity contribution < 1.29 is 22.7 Å². The van der Waals surface area contributed by atoms with E-state index in [0.29, 0.717) is 22.6 Å². The monoisotopic (exact) mass is 533 g/mol. The van der Waals surface area contributed by atoms with Gasteiger partial charge in [0, 0.05) is 30.2 Å². The van der Waals surface area contributed by atoms with Crippen molar-refractivity contribution in [3.8, 4) is 22.8 Å². The predicted molar refractivity (Wildman–Crippen MR) is 145 cm³/mol. The average Bonchev–Trinajstić information content (AvgIpc) is 2.89. The third-order valence-electron chi connectivity index (χ3n) is 5.49. The fraction of sp³-hybridized carbons (Fsp3) is 0.138. The number of alkyl halides is 3. The number of aromatic nitrogens is 2. The largest absolute Gasteiger partial charge is 0.438 e. The number of rotatable bonds is 9. The highest BCUT2D eigenvalue weighted by atomic mass is 19.4. The van der Waals surface area contributed by atoms with Gasteiger partial charge < -0.3 is 20.3 Å². The summed E-state index contributed by atoms with van der Waals surface area (Å²) in [7, 11) is 3.98. The molecule has 1 aromatic heterocycles. The molecule has 0 saturated carbocycles.